The lowest BCUT2D eigenvalue weighted by Gasteiger charge is -2.18. The second-order valence-corrected chi connectivity index (χ2v) is 17.4. The van der Waals surface area contributed by atoms with E-state index < -0.39 is 6.10 Å². The van der Waals surface area contributed by atoms with Crippen LogP contribution in [0.25, 0.3) is 0 Å². The maximum Gasteiger partial charge on any atom is 0.306 e. The van der Waals surface area contributed by atoms with Gasteiger partial charge in [0.25, 0.3) is 0 Å². The van der Waals surface area contributed by atoms with Gasteiger partial charge in [0.1, 0.15) is 13.2 Å². The van der Waals surface area contributed by atoms with Crippen molar-refractivity contribution in [2.45, 2.75) is 258 Å². The first kappa shape index (κ1) is 59.9. The van der Waals surface area contributed by atoms with Gasteiger partial charge in [0.2, 0.25) is 0 Å². The van der Waals surface area contributed by atoms with Crippen LogP contribution in [0.1, 0.15) is 252 Å². The summed E-state index contributed by atoms with van der Waals surface area (Å²) < 4.78 is 16.7. The van der Waals surface area contributed by atoms with Crippen LogP contribution in [-0.2, 0) is 28.6 Å². The molecule has 0 heterocycles. The Hall–Kier alpha value is -3.15. The topological polar surface area (TPSA) is 78.9 Å². The summed E-state index contributed by atoms with van der Waals surface area (Å²) in [5, 5.41) is 0. The quantitative estimate of drug-likeness (QED) is 0.0262. The molecule has 0 aromatic rings. The Kier molecular flexibility index (Phi) is 48.9. The average Bonchev–Trinajstić information content (AvgIpc) is 3.28. The SMILES string of the molecule is CC/C=C\C/C=C\C/C=C\C/C=C\C/C=C\CCC(=O)OCC(COC(=O)CCCCCCCCCCCCCCC)OC(=O)CCCCCCC/C=C\CCCCCCCCC. The Morgan fingerprint density at radius 1 is 0.333 bits per heavy atom. The molecule has 0 bridgehead atoms. The fourth-order valence-corrected chi connectivity index (χ4v) is 7.25. The van der Waals surface area contributed by atoms with Crippen molar-refractivity contribution in [1.82, 2.24) is 0 Å². The van der Waals surface area contributed by atoms with Crippen LogP contribution in [0, 0.1) is 0 Å². The van der Waals surface area contributed by atoms with E-state index in [-0.39, 0.29) is 37.5 Å². The van der Waals surface area contributed by atoms with E-state index in [4.69, 9.17) is 14.2 Å². The molecule has 1 unspecified atom stereocenters. The van der Waals surface area contributed by atoms with Gasteiger partial charge in [-0.1, -0.05) is 229 Å². The molecular formula is C57H98O6. The van der Waals surface area contributed by atoms with Gasteiger partial charge in [-0.15, -0.1) is 0 Å². The molecule has 0 N–H and O–H groups in total. The first-order valence-electron chi connectivity index (χ1n) is 26.4. The number of hydrogen-bond acceptors (Lipinski definition) is 6. The Morgan fingerprint density at radius 3 is 1.06 bits per heavy atom. The molecule has 1 atom stereocenters. The maximum absolute atomic E-state index is 12.8. The number of esters is 3. The van der Waals surface area contributed by atoms with Gasteiger partial charge in [0.05, 0.1) is 0 Å². The van der Waals surface area contributed by atoms with Crippen LogP contribution in [-0.4, -0.2) is 37.2 Å². The van der Waals surface area contributed by atoms with Crippen molar-refractivity contribution in [3.63, 3.8) is 0 Å². The molecule has 0 aliphatic carbocycles. The van der Waals surface area contributed by atoms with E-state index in [9.17, 15) is 14.4 Å². The second kappa shape index (κ2) is 51.5. The molecule has 362 valence electrons. The Bertz CT molecular complexity index is 1190. The van der Waals surface area contributed by atoms with E-state index in [1.54, 1.807) is 0 Å². The fraction of sp³-hybridized carbons (Fsp3) is 0.737. The van der Waals surface area contributed by atoms with Gasteiger partial charge in [-0.2, -0.15) is 0 Å². The lowest BCUT2D eigenvalue weighted by molar-refractivity contribution is -0.166. The molecule has 0 aromatic carbocycles. The molecule has 6 nitrogen and oxygen atoms in total. The molecule has 0 spiro atoms. The summed E-state index contributed by atoms with van der Waals surface area (Å²) in [4.78, 5) is 38.0. The van der Waals surface area contributed by atoms with Crippen LogP contribution in [0.3, 0.4) is 0 Å². The van der Waals surface area contributed by atoms with Gasteiger partial charge in [0, 0.05) is 19.3 Å². The highest BCUT2D eigenvalue weighted by molar-refractivity contribution is 5.71. The summed E-state index contributed by atoms with van der Waals surface area (Å²) in [5.41, 5.74) is 0. The van der Waals surface area contributed by atoms with E-state index in [1.165, 1.54) is 122 Å². The molecule has 0 amide bonds. The van der Waals surface area contributed by atoms with Crippen molar-refractivity contribution in [3.8, 4) is 0 Å². The Morgan fingerprint density at radius 2 is 0.651 bits per heavy atom. The van der Waals surface area contributed by atoms with Gasteiger partial charge < -0.3 is 14.2 Å². The fourth-order valence-electron chi connectivity index (χ4n) is 7.25. The number of carbonyl (C=O) groups excluding carboxylic acids is 3. The van der Waals surface area contributed by atoms with E-state index in [2.05, 4.69) is 87.6 Å². The van der Waals surface area contributed by atoms with E-state index in [0.29, 0.717) is 19.3 Å². The Balaban J connectivity index is 4.49. The van der Waals surface area contributed by atoms with Crippen molar-refractivity contribution >= 4 is 17.9 Å². The number of ether oxygens (including phenoxy) is 3. The highest BCUT2D eigenvalue weighted by Gasteiger charge is 2.19. The third-order valence-corrected chi connectivity index (χ3v) is 11.2. The number of rotatable bonds is 47. The molecule has 0 fully saturated rings. The zero-order chi connectivity index (χ0) is 45.8. The van der Waals surface area contributed by atoms with Crippen molar-refractivity contribution < 1.29 is 28.6 Å². The van der Waals surface area contributed by atoms with Gasteiger partial charge in [-0.25, -0.2) is 0 Å². The van der Waals surface area contributed by atoms with Crippen molar-refractivity contribution in [2.24, 2.45) is 0 Å². The zero-order valence-corrected chi connectivity index (χ0v) is 41.3. The van der Waals surface area contributed by atoms with Crippen LogP contribution < -0.4 is 0 Å². The zero-order valence-electron chi connectivity index (χ0n) is 41.3. The smallest absolute Gasteiger partial charge is 0.306 e. The van der Waals surface area contributed by atoms with Crippen LogP contribution >= 0.6 is 0 Å². The van der Waals surface area contributed by atoms with Crippen molar-refractivity contribution in [3.05, 3.63) is 72.9 Å². The third kappa shape index (κ3) is 49.7. The van der Waals surface area contributed by atoms with E-state index in [0.717, 1.165) is 83.5 Å². The monoisotopic (exact) mass is 879 g/mol. The van der Waals surface area contributed by atoms with Gasteiger partial charge in [0.15, 0.2) is 6.10 Å². The number of carbonyl (C=O) groups is 3. The number of hydrogen-bond donors (Lipinski definition) is 0. The van der Waals surface area contributed by atoms with Crippen molar-refractivity contribution in [2.75, 3.05) is 13.2 Å². The molecule has 0 aliphatic heterocycles. The molecular weight excluding hydrogens is 781 g/mol. The average molecular weight is 879 g/mol. The van der Waals surface area contributed by atoms with Crippen LogP contribution in [0.4, 0.5) is 0 Å². The largest absolute Gasteiger partial charge is 0.462 e. The molecule has 0 rings (SSSR count). The molecule has 63 heavy (non-hydrogen) atoms. The summed E-state index contributed by atoms with van der Waals surface area (Å²) in [5.74, 6) is -0.991. The summed E-state index contributed by atoms with van der Waals surface area (Å²) in [6, 6.07) is 0. The first-order chi connectivity index (χ1) is 31.0. The first-order valence-corrected chi connectivity index (χ1v) is 26.4. The molecule has 0 saturated heterocycles. The van der Waals surface area contributed by atoms with E-state index >= 15 is 0 Å². The highest BCUT2D eigenvalue weighted by atomic mass is 16.6. The molecule has 6 heteroatoms. The van der Waals surface area contributed by atoms with Gasteiger partial charge >= 0.3 is 17.9 Å². The van der Waals surface area contributed by atoms with E-state index in [1.807, 2.05) is 6.08 Å². The number of allylic oxidation sites excluding steroid dienone is 12. The minimum atomic E-state index is -0.807. The lowest BCUT2D eigenvalue weighted by atomic mass is 10.0. The summed E-state index contributed by atoms with van der Waals surface area (Å²) in [6.45, 7) is 6.46. The predicted octanol–water partition coefficient (Wildman–Crippen LogP) is 17.4. The van der Waals surface area contributed by atoms with Crippen LogP contribution in [0.5, 0.6) is 0 Å². The maximum atomic E-state index is 12.8. The van der Waals surface area contributed by atoms with Crippen LogP contribution in [0.15, 0.2) is 72.9 Å². The lowest BCUT2D eigenvalue weighted by Crippen LogP contribution is -2.30. The highest BCUT2D eigenvalue weighted by Crippen LogP contribution is 2.15. The minimum Gasteiger partial charge on any atom is -0.462 e. The Labute approximate surface area is 389 Å². The third-order valence-electron chi connectivity index (χ3n) is 11.2. The minimum absolute atomic E-state index is 0.0997. The summed E-state index contributed by atoms with van der Waals surface area (Å²) >= 11 is 0. The second-order valence-electron chi connectivity index (χ2n) is 17.4. The molecule has 0 aliphatic rings. The summed E-state index contributed by atoms with van der Waals surface area (Å²) in [7, 11) is 0. The standard InChI is InChI=1S/C57H98O6/c1-4-7-10-13-16-19-22-25-27-29-32-35-38-41-44-47-50-56(59)62-53-54(52-61-55(58)49-46-43-40-37-34-31-24-21-18-15-12-9-6-3)63-57(60)51-48-45-42-39-36-33-30-28-26-23-20-17-14-11-8-5-2/h7,10,16,19,25,27-28,30,32,35,41,44,54H,4-6,8-9,11-15,17-18,20-24,26,29,31,33-34,36-40,42-43,45-53H2,1-3H3/b10-7-,19-16-,27-25-,30-28-,35-32-,44-41-. The molecule has 0 radical (unpaired) electrons. The molecule has 0 saturated carbocycles. The van der Waals surface area contributed by atoms with Gasteiger partial charge in [-0.05, 0) is 77.0 Å². The molecule has 0 aromatic heterocycles. The normalized spacial score (nSPS) is 12.6. The van der Waals surface area contributed by atoms with Crippen LogP contribution in [0.2, 0.25) is 0 Å². The predicted molar refractivity (Wildman–Crippen MR) is 270 cm³/mol. The summed E-state index contributed by atoms with van der Waals surface area (Å²) in [6.07, 6.45) is 64.7. The van der Waals surface area contributed by atoms with Gasteiger partial charge in [-0.3, -0.25) is 14.4 Å². The number of unbranched alkanes of at least 4 members (excludes halogenated alkanes) is 24. The van der Waals surface area contributed by atoms with Crippen molar-refractivity contribution in [1.29, 1.82) is 0 Å².